The topological polar surface area (TPSA) is 104 Å². The van der Waals surface area contributed by atoms with Crippen LogP contribution in [0.3, 0.4) is 0 Å². The summed E-state index contributed by atoms with van der Waals surface area (Å²) < 4.78 is 4.99. The number of hydrogen-bond donors (Lipinski definition) is 2. The number of nitrogens with zero attached hydrogens (tertiary/aromatic N) is 4. The van der Waals surface area contributed by atoms with Crippen LogP contribution < -0.4 is 10.2 Å². The highest BCUT2D eigenvalue weighted by Crippen LogP contribution is 2.24. The molecule has 0 aliphatic carbocycles. The molecule has 0 spiro atoms. The second kappa shape index (κ2) is 5.96. The summed E-state index contributed by atoms with van der Waals surface area (Å²) in [6.45, 7) is 4.62. The summed E-state index contributed by atoms with van der Waals surface area (Å²) >= 11 is 0. The van der Waals surface area contributed by atoms with Gasteiger partial charge in [0, 0.05) is 32.0 Å². The van der Waals surface area contributed by atoms with Gasteiger partial charge in [0.25, 0.3) is 5.91 Å². The molecule has 1 amide bonds. The van der Waals surface area contributed by atoms with Crippen molar-refractivity contribution in [3.05, 3.63) is 35.6 Å². The fraction of sp³-hybridized carbons (Fsp3) is 0.467. The van der Waals surface area contributed by atoms with Crippen LogP contribution in [0.4, 0.5) is 5.82 Å². The van der Waals surface area contributed by atoms with E-state index in [9.17, 15) is 9.90 Å². The first-order chi connectivity index (χ1) is 11.0. The third kappa shape index (κ3) is 3.16. The summed E-state index contributed by atoms with van der Waals surface area (Å²) in [7, 11) is 0. The van der Waals surface area contributed by atoms with Crippen molar-refractivity contribution in [3.63, 3.8) is 0 Å². The van der Waals surface area contributed by atoms with E-state index >= 15 is 0 Å². The molecule has 2 N–H and O–H groups in total. The SMILES string of the molecule is Cc1noc(C)c1C(=O)NCC1(O)CCN(c2cnccn2)C1. The second-order valence-electron chi connectivity index (χ2n) is 5.84. The number of amides is 1. The van der Waals surface area contributed by atoms with E-state index in [1.807, 2.05) is 4.90 Å². The van der Waals surface area contributed by atoms with Crippen LogP contribution in [-0.2, 0) is 0 Å². The Labute approximate surface area is 133 Å². The summed E-state index contributed by atoms with van der Waals surface area (Å²) in [6, 6.07) is 0. The molecule has 1 unspecified atom stereocenters. The third-order valence-corrected chi connectivity index (χ3v) is 4.04. The molecule has 122 valence electrons. The maximum atomic E-state index is 12.2. The lowest BCUT2D eigenvalue weighted by Crippen LogP contribution is -2.45. The maximum absolute atomic E-state index is 12.2. The van der Waals surface area contributed by atoms with Crippen LogP contribution in [0.5, 0.6) is 0 Å². The molecule has 2 aromatic rings. The Bertz CT molecular complexity index is 683. The predicted octanol–water partition coefficient (Wildman–Crippen LogP) is 0.453. The summed E-state index contributed by atoms with van der Waals surface area (Å²) in [4.78, 5) is 22.5. The van der Waals surface area contributed by atoms with Crippen molar-refractivity contribution in [1.29, 1.82) is 0 Å². The Balaban J connectivity index is 1.61. The zero-order valence-electron chi connectivity index (χ0n) is 13.1. The largest absolute Gasteiger partial charge is 0.386 e. The van der Waals surface area contributed by atoms with E-state index in [2.05, 4.69) is 20.4 Å². The molecule has 3 heterocycles. The molecule has 1 aliphatic heterocycles. The van der Waals surface area contributed by atoms with E-state index in [4.69, 9.17) is 4.52 Å². The van der Waals surface area contributed by atoms with Gasteiger partial charge in [-0.15, -0.1) is 0 Å². The number of β-amino-alcohol motifs (C(OH)–C–C–N with tert-alkyl or cyclic N) is 1. The van der Waals surface area contributed by atoms with E-state index in [0.29, 0.717) is 36.5 Å². The van der Waals surface area contributed by atoms with Gasteiger partial charge >= 0.3 is 0 Å². The second-order valence-corrected chi connectivity index (χ2v) is 5.84. The molecule has 0 saturated carbocycles. The van der Waals surface area contributed by atoms with Crippen molar-refractivity contribution in [2.75, 3.05) is 24.5 Å². The molecule has 23 heavy (non-hydrogen) atoms. The van der Waals surface area contributed by atoms with Gasteiger partial charge in [-0.3, -0.25) is 9.78 Å². The highest BCUT2D eigenvalue weighted by atomic mass is 16.5. The van der Waals surface area contributed by atoms with Crippen molar-refractivity contribution >= 4 is 11.7 Å². The van der Waals surface area contributed by atoms with Crippen LogP contribution in [0.25, 0.3) is 0 Å². The summed E-state index contributed by atoms with van der Waals surface area (Å²) in [6.07, 6.45) is 5.43. The molecule has 1 aliphatic rings. The number of anilines is 1. The molecular formula is C15H19N5O3. The van der Waals surface area contributed by atoms with Gasteiger partial charge in [-0.1, -0.05) is 5.16 Å². The van der Waals surface area contributed by atoms with Gasteiger partial charge in [-0.2, -0.15) is 0 Å². The van der Waals surface area contributed by atoms with Crippen LogP contribution in [0.2, 0.25) is 0 Å². The van der Waals surface area contributed by atoms with Gasteiger partial charge in [0.05, 0.1) is 11.9 Å². The number of hydrogen-bond acceptors (Lipinski definition) is 7. The first-order valence-electron chi connectivity index (χ1n) is 7.43. The van der Waals surface area contributed by atoms with Gasteiger partial charge in [0.2, 0.25) is 0 Å². The Kier molecular flexibility index (Phi) is 3.99. The number of aromatic nitrogens is 3. The van der Waals surface area contributed by atoms with Crippen molar-refractivity contribution < 1.29 is 14.4 Å². The molecular weight excluding hydrogens is 298 g/mol. The fourth-order valence-electron chi connectivity index (χ4n) is 2.79. The molecule has 1 fully saturated rings. The molecule has 0 aromatic carbocycles. The van der Waals surface area contributed by atoms with Gasteiger partial charge < -0.3 is 19.8 Å². The molecule has 0 bridgehead atoms. The van der Waals surface area contributed by atoms with Gasteiger partial charge in [0.15, 0.2) is 0 Å². The number of nitrogens with one attached hydrogen (secondary N) is 1. The van der Waals surface area contributed by atoms with Crippen LogP contribution >= 0.6 is 0 Å². The average molecular weight is 317 g/mol. The van der Waals surface area contributed by atoms with Crippen LogP contribution in [0.15, 0.2) is 23.1 Å². The Morgan fingerprint density at radius 2 is 2.30 bits per heavy atom. The number of rotatable bonds is 4. The molecule has 3 rings (SSSR count). The first kappa shape index (κ1) is 15.4. The van der Waals surface area contributed by atoms with Crippen molar-refractivity contribution in [2.45, 2.75) is 25.9 Å². The zero-order chi connectivity index (χ0) is 16.4. The minimum atomic E-state index is -0.994. The van der Waals surface area contributed by atoms with Gasteiger partial charge in [-0.25, -0.2) is 4.98 Å². The van der Waals surface area contributed by atoms with Crippen molar-refractivity contribution in [2.24, 2.45) is 0 Å². The van der Waals surface area contributed by atoms with Crippen molar-refractivity contribution in [3.8, 4) is 0 Å². The Morgan fingerprint density at radius 1 is 1.48 bits per heavy atom. The third-order valence-electron chi connectivity index (χ3n) is 4.04. The lowest BCUT2D eigenvalue weighted by molar-refractivity contribution is 0.0575. The highest BCUT2D eigenvalue weighted by Gasteiger charge is 2.37. The standard InChI is InChI=1S/C15H19N5O3/c1-10-13(11(2)23-19-10)14(21)18-8-15(22)3-6-20(9-15)12-7-16-4-5-17-12/h4-5,7,22H,3,6,8-9H2,1-2H3,(H,18,21). The monoisotopic (exact) mass is 317 g/mol. The summed E-state index contributed by atoms with van der Waals surface area (Å²) in [5, 5.41) is 17.2. The normalized spacial score (nSPS) is 20.7. The number of carbonyl (C=O) groups is 1. The minimum absolute atomic E-state index is 0.159. The Hall–Kier alpha value is -2.48. The highest BCUT2D eigenvalue weighted by molar-refractivity contribution is 5.96. The molecule has 1 atom stereocenters. The van der Waals surface area contributed by atoms with E-state index < -0.39 is 5.60 Å². The maximum Gasteiger partial charge on any atom is 0.256 e. The Morgan fingerprint density at radius 3 is 2.96 bits per heavy atom. The average Bonchev–Trinajstić information content (AvgIpc) is 3.10. The first-order valence-corrected chi connectivity index (χ1v) is 7.43. The van der Waals surface area contributed by atoms with E-state index in [1.54, 1.807) is 32.4 Å². The number of aliphatic hydroxyl groups is 1. The molecule has 0 radical (unpaired) electrons. The molecule has 8 nitrogen and oxygen atoms in total. The van der Waals surface area contributed by atoms with Gasteiger partial charge in [0.1, 0.15) is 22.7 Å². The predicted molar refractivity (Wildman–Crippen MR) is 82.1 cm³/mol. The van der Waals surface area contributed by atoms with Gasteiger partial charge in [-0.05, 0) is 20.3 Å². The summed E-state index contributed by atoms with van der Waals surface area (Å²) in [5.74, 6) is 0.910. The molecule has 2 aromatic heterocycles. The van der Waals surface area contributed by atoms with Crippen LogP contribution in [-0.4, -0.2) is 51.4 Å². The van der Waals surface area contributed by atoms with E-state index in [0.717, 1.165) is 5.82 Å². The minimum Gasteiger partial charge on any atom is -0.386 e. The van der Waals surface area contributed by atoms with Crippen LogP contribution in [0, 0.1) is 13.8 Å². The number of carbonyl (C=O) groups excluding carboxylic acids is 1. The fourth-order valence-corrected chi connectivity index (χ4v) is 2.79. The van der Waals surface area contributed by atoms with E-state index in [1.165, 1.54) is 0 Å². The smallest absolute Gasteiger partial charge is 0.256 e. The molecule has 8 heteroatoms. The number of aryl methyl sites for hydroxylation is 2. The summed E-state index contributed by atoms with van der Waals surface area (Å²) in [5.41, 5.74) is -0.0245. The van der Waals surface area contributed by atoms with Crippen molar-refractivity contribution in [1.82, 2.24) is 20.4 Å². The van der Waals surface area contributed by atoms with E-state index in [-0.39, 0.29) is 12.5 Å². The van der Waals surface area contributed by atoms with Crippen LogP contribution in [0.1, 0.15) is 28.2 Å². The lowest BCUT2D eigenvalue weighted by atomic mass is 10.0. The molecule has 1 saturated heterocycles. The zero-order valence-corrected chi connectivity index (χ0v) is 13.1. The quantitative estimate of drug-likeness (QED) is 0.843. The lowest BCUT2D eigenvalue weighted by Gasteiger charge is -2.24.